The topological polar surface area (TPSA) is 17.8 Å². The summed E-state index contributed by atoms with van der Waals surface area (Å²) in [6.07, 6.45) is 5.89. The van der Waals surface area contributed by atoms with Crippen molar-refractivity contribution in [2.75, 3.05) is 0 Å². The fraction of sp³-hybridized carbons (Fsp3) is 0.105. The van der Waals surface area contributed by atoms with E-state index in [1.165, 1.54) is 11.1 Å². The Kier molecular flexibility index (Phi) is 4.55. The number of halogens is 4. The first-order valence-corrected chi connectivity index (χ1v) is 9.22. The minimum absolute atomic E-state index is 0.507. The van der Waals surface area contributed by atoms with E-state index in [9.17, 15) is 0 Å². The highest BCUT2D eigenvalue weighted by molar-refractivity contribution is 6.42. The molecule has 4 rings (SSSR count). The van der Waals surface area contributed by atoms with Gasteiger partial charge in [-0.2, -0.15) is 5.10 Å². The van der Waals surface area contributed by atoms with Crippen LogP contribution in [0.5, 0.6) is 0 Å². The minimum atomic E-state index is 0.507. The third-order valence-electron chi connectivity index (χ3n) is 4.25. The number of aromatic nitrogens is 2. The van der Waals surface area contributed by atoms with Crippen molar-refractivity contribution < 1.29 is 0 Å². The van der Waals surface area contributed by atoms with Crippen molar-refractivity contribution >= 4 is 58.1 Å². The molecule has 1 aromatic heterocycles. The summed E-state index contributed by atoms with van der Waals surface area (Å²) in [5.41, 5.74) is 5.30. The number of benzene rings is 2. The van der Waals surface area contributed by atoms with E-state index in [0.717, 1.165) is 29.8 Å². The lowest BCUT2D eigenvalue weighted by molar-refractivity contribution is 0.865. The average molecular weight is 410 g/mol. The Hall–Kier alpha value is -1.45. The number of aryl methyl sites for hydroxylation is 1. The molecule has 0 aliphatic heterocycles. The van der Waals surface area contributed by atoms with Gasteiger partial charge in [0.2, 0.25) is 0 Å². The molecule has 0 amide bonds. The van der Waals surface area contributed by atoms with E-state index in [1.54, 1.807) is 12.1 Å². The second kappa shape index (κ2) is 6.69. The van der Waals surface area contributed by atoms with Crippen LogP contribution in [0.3, 0.4) is 0 Å². The van der Waals surface area contributed by atoms with Gasteiger partial charge in [-0.1, -0.05) is 52.5 Å². The molecule has 6 heteroatoms. The molecule has 3 aromatic rings. The van der Waals surface area contributed by atoms with Crippen LogP contribution in [0.1, 0.15) is 23.2 Å². The molecule has 1 aliphatic carbocycles. The summed E-state index contributed by atoms with van der Waals surface area (Å²) in [4.78, 5) is 0. The number of allylic oxidation sites excluding steroid dienone is 1. The van der Waals surface area contributed by atoms with E-state index < -0.39 is 0 Å². The second-order valence-corrected chi connectivity index (χ2v) is 7.52. The highest BCUT2D eigenvalue weighted by atomic mass is 35.5. The van der Waals surface area contributed by atoms with Gasteiger partial charge in [0, 0.05) is 10.0 Å². The van der Waals surface area contributed by atoms with Crippen LogP contribution in [0, 0.1) is 0 Å². The number of hydrogen-bond donors (Lipinski definition) is 0. The maximum absolute atomic E-state index is 6.32. The van der Waals surface area contributed by atoms with Gasteiger partial charge < -0.3 is 0 Å². The van der Waals surface area contributed by atoms with Gasteiger partial charge in [-0.05, 0) is 65.9 Å². The largest absolute Gasteiger partial charge is 0.233 e. The van der Waals surface area contributed by atoms with E-state index in [4.69, 9.17) is 46.4 Å². The summed E-state index contributed by atoms with van der Waals surface area (Å²) < 4.78 is 1.90. The van der Waals surface area contributed by atoms with Crippen molar-refractivity contribution in [3.8, 4) is 5.69 Å². The Bertz CT molecular complexity index is 1000. The Morgan fingerprint density at radius 3 is 2.48 bits per heavy atom. The predicted octanol–water partition coefficient (Wildman–Crippen LogP) is 6.97. The third-order valence-corrected chi connectivity index (χ3v) is 5.55. The zero-order chi connectivity index (χ0) is 17.6. The summed E-state index contributed by atoms with van der Waals surface area (Å²) in [5.74, 6) is 0. The van der Waals surface area contributed by atoms with Crippen molar-refractivity contribution in [1.82, 2.24) is 9.78 Å². The first kappa shape index (κ1) is 17.0. The van der Waals surface area contributed by atoms with Gasteiger partial charge in [0.1, 0.15) is 0 Å². The van der Waals surface area contributed by atoms with Crippen LogP contribution < -0.4 is 0 Å². The zero-order valence-electron chi connectivity index (χ0n) is 12.9. The molecule has 25 heavy (non-hydrogen) atoms. The van der Waals surface area contributed by atoms with Gasteiger partial charge in [-0.15, -0.1) is 0 Å². The van der Waals surface area contributed by atoms with Crippen LogP contribution in [0.25, 0.3) is 17.3 Å². The highest BCUT2D eigenvalue weighted by Gasteiger charge is 2.23. The normalized spacial score (nSPS) is 15.0. The van der Waals surface area contributed by atoms with Gasteiger partial charge >= 0.3 is 0 Å². The standard InChI is InChI=1S/C19H12Cl4N2/c20-14-4-3-11(17(22)8-14)7-12-1-2-13-10-24-25(19(12)13)15-5-6-16(21)18(23)9-15/h3-10H,1-2H2/b12-7+. The van der Waals surface area contributed by atoms with Crippen LogP contribution in [0.15, 0.2) is 42.6 Å². The quantitative estimate of drug-likeness (QED) is 0.446. The van der Waals surface area contributed by atoms with Gasteiger partial charge in [0.05, 0.1) is 27.6 Å². The number of rotatable bonds is 2. The number of fused-ring (bicyclic) bond motifs is 1. The maximum atomic E-state index is 6.32. The fourth-order valence-electron chi connectivity index (χ4n) is 3.05. The van der Waals surface area contributed by atoms with Gasteiger partial charge in [0.25, 0.3) is 0 Å². The van der Waals surface area contributed by atoms with Gasteiger partial charge in [-0.3, -0.25) is 0 Å². The fourth-order valence-corrected chi connectivity index (χ4v) is 3.81. The van der Waals surface area contributed by atoms with Crippen molar-refractivity contribution in [1.29, 1.82) is 0 Å². The molecule has 0 spiro atoms. The lowest BCUT2D eigenvalue weighted by atomic mass is 10.1. The maximum Gasteiger partial charge on any atom is 0.0733 e. The second-order valence-electron chi connectivity index (χ2n) is 5.86. The molecule has 0 saturated carbocycles. The Balaban J connectivity index is 1.81. The molecule has 0 atom stereocenters. The molecule has 2 aromatic carbocycles. The number of hydrogen-bond acceptors (Lipinski definition) is 1. The summed E-state index contributed by atoms with van der Waals surface area (Å²) in [7, 11) is 0. The lowest BCUT2D eigenvalue weighted by Gasteiger charge is -2.09. The molecule has 0 N–H and O–H groups in total. The lowest BCUT2D eigenvalue weighted by Crippen LogP contribution is -2.00. The van der Waals surface area contributed by atoms with Crippen LogP contribution in [0.2, 0.25) is 20.1 Å². The molecule has 0 radical (unpaired) electrons. The highest BCUT2D eigenvalue weighted by Crippen LogP contribution is 2.37. The van der Waals surface area contributed by atoms with E-state index in [1.807, 2.05) is 35.1 Å². The summed E-state index contributed by atoms with van der Waals surface area (Å²) in [6.45, 7) is 0. The van der Waals surface area contributed by atoms with Crippen molar-refractivity contribution in [3.63, 3.8) is 0 Å². The van der Waals surface area contributed by atoms with E-state index in [2.05, 4.69) is 11.2 Å². The predicted molar refractivity (Wildman–Crippen MR) is 106 cm³/mol. The van der Waals surface area contributed by atoms with Crippen molar-refractivity contribution in [2.45, 2.75) is 12.8 Å². The van der Waals surface area contributed by atoms with Crippen molar-refractivity contribution in [2.24, 2.45) is 0 Å². The molecule has 1 heterocycles. The Labute approximate surface area is 165 Å². The van der Waals surface area contributed by atoms with E-state index in [-0.39, 0.29) is 0 Å². The van der Waals surface area contributed by atoms with Crippen LogP contribution in [-0.2, 0) is 6.42 Å². The van der Waals surface area contributed by atoms with E-state index >= 15 is 0 Å². The third kappa shape index (κ3) is 3.20. The molecule has 2 nitrogen and oxygen atoms in total. The Morgan fingerprint density at radius 2 is 1.72 bits per heavy atom. The SMILES string of the molecule is Clc1ccc(/C=C2\CCc3cnn(-c4ccc(Cl)c(Cl)c4)c32)c(Cl)c1. The molecule has 1 aliphatic rings. The van der Waals surface area contributed by atoms with Crippen molar-refractivity contribution in [3.05, 3.63) is 79.5 Å². The zero-order valence-corrected chi connectivity index (χ0v) is 16.0. The molecule has 0 bridgehead atoms. The summed E-state index contributed by atoms with van der Waals surface area (Å²) in [6, 6.07) is 11.0. The molecular formula is C19H12Cl4N2. The molecule has 0 fully saturated rings. The monoisotopic (exact) mass is 408 g/mol. The van der Waals surface area contributed by atoms with Crippen LogP contribution in [0.4, 0.5) is 0 Å². The van der Waals surface area contributed by atoms with E-state index in [0.29, 0.717) is 20.1 Å². The van der Waals surface area contributed by atoms with Crippen LogP contribution >= 0.6 is 46.4 Å². The molecule has 0 unspecified atom stereocenters. The minimum Gasteiger partial charge on any atom is -0.233 e. The smallest absolute Gasteiger partial charge is 0.0733 e. The first-order chi connectivity index (χ1) is 12.0. The molecule has 126 valence electrons. The summed E-state index contributed by atoms with van der Waals surface area (Å²) in [5, 5.41) is 6.82. The molecular weight excluding hydrogens is 398 g/mol. The Morgan fingerprint density at radius 1 is 0.880 bits per heavy atom. The van der Waals surface area contributed by atoms with Gasteiger partial charge in [0.15, 0.2) is 0 Å². The first-order valence-electron chi connectivity index (χ1n) is 7.71. The average Bonchev–Trinajstić information content (AvgIpc) is 3.16. The molecule has 0 saturated heterocycles. The number of nitrogens with zero attached hydrogens (tertiary/aromatic N) is 2. The summed E-state index contributed by atoms with van der Waals surface area (Å²) >= 11 is 24.5. The van der Waals surface area contributed by atoms with Crippen LogP contribution in [-0.4, -0.2) is 9.78 Å². The van der Waals surface area contributed by atoms with Gasteiger partial charge in [-0.25, -0.2) is 4.68 Å².